The summed E-state index contributed by atoms with van der Waals surface area (Å²) in [4.78, 5) is 31.3. The molecule has 2 atom stereocenters. The highest BCUT2D eigenvalue weighted by molar-refractivity contribution is 7.06. The minimum absolute atomic E-state index is 0.176. The van der Waals surface area contributed by atoms with E-state index in [1.54, 1.807) is 13.0 Å². The zero-order valence-electron chi connectivity index (χ0n) is 18.5. The number of aliphatic hydroxyl groups excluding tert-OH is 1. The molecule has 0 radical (unpaired) electrons. The van der Waals surface area contributed by atoms with Gasteiger partial charge in [0.05, 0.1) is 35.1 Å². The zero-order valence-corrected chi connectivity index (χ0v) is 19.3. The lowest BCUT2D eigenvalue weighted by atomic mass is 10.1. The summed E-state index contributed by atoms with van der Waals surface area (Å²) in [5.41, 5.74) is 5.45. The van der Waals surface area contributed by atoms with Crippen LogP contribution in [0.2, 0.25) is 0 Å². The van der Waals surface area contributed by atoms with Gasteiger partial charge in [-0.3, -0.25) is 9.59 Å². The fourth-order valence-electron chi connectivity index (χ4n) is 2.77. The molecule has 192 valence electrons. The summed E-state index contributed by atoms with van der Waals surface area (Å²) < 4.78 is 65.5. The second kappa shape index (κ2) is 11.3. The maximum Gasteiger partial charge on any atom is 0.422 e. The van der Waals surface area contributed by atoms with Crippen molar-refractivity contribution in [3.8, 4) is 23.0 Å². The molecule has 0 aliphatic rings. The Morgan fingerprint density at radius 3 is 2.50 bits per heavy atom. The van der Waals surface area contributed by atoms with Gasteiger partial charge in [-0.05, 0) is 36.7 Å². The lowest BCUT2D eigenvalue weighted by Crippen LogP contribution is -2.47. The minimum atomic E-state index is -4.51. The lowest BCUT2D eigenvalue weighted by Gasteiger charge is -2.13. The summed E-state index contributed by atoms with van der Waals surface area (Å²) in [5, 5.41) is 11.2. The third kappa shape index (κ3) is 7.08. The summed E-state index contributed by atoms with van der Waals surface area (Å²) in [6.45, 7) is -0.559. The van der Waals surface area contributed by atoms with Gasteiger partial charge in [-0.2, -0.15) is 27.5 Å². The van der Waals surface area contributed by atoms with Crippen LogP contribution in [0.3, 0.4) is 0 Å². The van der Waals surface area contributed by atoms with E-state index in [0.29, 0.717) is 16.1 Å². The van der Waals surface area contributed by atoms with Crippen LogP contribution in [-0.4, -0.2) is 56.7 Å². The van der Waals surface area contributed by atoms with E-state index in [0.717, 1.165) is 30.0 Å². The van der Waals surface area contributed by atoms with Crippen molar-refractivity contribution in [1.82, 2.24) is 19.7 Å². The average Bonchev–Trinajstić information content (AvgIpc) is 3.32. The van der Waals surface area contributed by atoms with Crippen LogP contribution in [0, 0.1) is 5.82 Å². The summed E-state index contributed by atoms with van der Waals surface area (Å²) in [6, 6.07) is 3.58. The third-order valence-electron chi connectivity index (χ3n) is 4.55. The Kier molecular flexibility index (Phi) is 8.37. The monoisotopic (exact) mass is 529 g/mol. The summed E-state index contributed by atoms with van der Waals surface area (Å²) in [5.74, 6) is -2.59. The Balaban J connectivity index is 1.65. The van der Waals surface area contributed by atoms with Crippen molar-refractivity contribution in [3.05, 3.63) is 52.9 Å². The first-order valence-corrected chi connectivity index (χ1v) is 10.9. The molecule has 10 nitrogen and oxygen atoms in total. The molecule has 0 spiro atoms. The Labute approximate surface area is 205 Å². The van der Waals surface area contributed by atoms with Gasteiger partial charge in [0.25, 0.3) is 5.91 Å². The van der Waals surface area contributed by atoms with Gasteiger partial charge in [0.2, 0.25) is 5.91 Å². The standard InChI is InChI=1S/C21H19F4N5O5S/c1-10(35-12-6-27-20(28-7-12)34-9-21(23,24)25)17-5-15(30-36-17)11-2-3-13(14(22)4-11)19(33)29-16(8-31)18(26)32/h2-7,10,16,31H,8-9H2,1H3,(H2,26,32)(H,29,33)/t10?,16-/m0/s1. The van der Waals surface area contributed by atoms with E-state index in [-0.39, 0.29) is 11.3 Å². The molecule has 2 amide bonds. The number of nitrogens with zero attached hydrogens (tertiary/aromatic N) is 3. The highest BCUT2D eigenvalue weighted by atomic mass is 32.1. The molecular weight excluding hydrogens is 510 g/mol. The van der Waals surface area contributed by atoms with Crippen molar-refractivity contribution in [2.24, 2.45) is 5.73 Å². The van der Waals surface area contributed by atoms with Crippen molar-refractivity contribution >= 4 is 23.3 Å². The molecule has 0 fully saturated rings. The Morgan fingerprint density at radius 2 is 1.92 bits per heavy atom. The molecule has 2 heterocycles. The van der Waals surface area contributed by atoms with E-state index in [9.17, 15) is 27.2 Å². The number of primary amides is 1. The number of alkyl halides is 3. The number of aliphatic hydroxyl groups is 1. The molecule has 3 rings (SSSR count). The molecule has 0 aliphatic carbocycles. The largest absolute Gasteiger partial charge is 0.482 e. The molecule has 4 N–H and O–H groups in total. The number of hydrogen-bond donors (Lipinski definition) is 3. The van der Waals surface area contributed by atoms with Crippen LogP contribution in [0.1, 0.15) is 28.3 Å². The molecule has 2 aromatic heterocycles. The van der Waals surface area contributed by atoms with Crippen LogP contribution in [-0.2, 0) is 4.79 Å². The van der Waals surface area contributed by atoms with Crippen molar-refractivity contribution in [2.75, 3.05) is 13.2 Å². The first-order chi connectivity index (χ1) is 17.0. The first kappa shape index (κ1) is 26.7. The van der Waals surface area contributed by atoms with Crippen LogP contribution in [0.5, 0.6) is 11.8 Å². The number of nitrogens with two attached hydrogens (primary N) is 1. The van der Waals surface area contributed by atoms with Gasteiger partial charge < -0.3 is 25.6 Å². The number of aromatic nitrogens is 3. The number of carbonyl (C=O) groups excluding carboxylic acids is 2. The van der Waals surface area contributed by atoms with E-state index in [2.05, 4.69) is 24.4 Å². The Morgan fingerprint density at radius 1 is 1.22 bits per heavy atom. The summed E-state index contributed by atoms with van der Waals surface area (Å²) in [7, 11) is 0. The van der Waals surface area contributed by atoms with Gasteiger partial charge in [0, 0.05) is 5.56 Å². The van der Waals surface area contributed by atoms with Crippen LogP contribution in [0.15, 0.2) is 36.7 Å². The summed E-state index contributed by atoms with van der Waals surface area (Å²) in [6.07, 6.45) is -2.74. The molecule has 3 aromatic rings. The van der Waals surface area contributed by atoms with E-state index in [4.69, 9.17) is 15.6 Å². The van der Waals surface area contributed by atoms with Crippen molar-refractivity contribution in [3.63, 3.8) is 0 Å². The molecule has 15 heteroatoms. The van der Waals surface area contributed by atoms with Gasteiger partial charge in [0.15, 0.2) is 12.4 Å². The molecule has 0 bridgehead atoms. The first-order valence-electron chi connectivity index (χ1n) is 10.1. The lowest BCUT2D eigenvalue weighted by molar-refractivity contribution is -0.154. The fraction of sp³-hybridized carbons (Fsp3) is 0.286. The van der Waals surface area contributed by atoms with E-state index in [1.807, 2.05) is 0 Å². The molecular formula is C21H19F4N5O5S. The molecule has 1 aromatic carbocycles. The third-order valence-corrected chi connectivity index (χ3v) is 5.50. The molecule has 0 saturated heterocycles. The second-order valence-corrected chi connectivity index (χ2v) is 8.12. The van der Waals surface area contributed by atoms with Crippen molar-refractivity contribution in [2.45, 2.75) is 25.2 Å². The summed E-state index contributed by atoms with van der Waals surface area (Å²) >= 11 is 1.07. The second-order valence-electron chi connectivity index (χ2n) is 7.29. The SMILES string of the molecule is CC(Oc1cnc(OCC(F)(F)F)nc1)c1cc(-c2ccc(C(=O)N[C@@H](CO)C(N)=O)c(F)c2)ns1. The van der Waals surface area contributed by atoms with Crippen LogP contribution in [0.4, 0.5) is 17.6 Å². The Bertz CT molecular complexity index is 1220. The minimum Gasteiger partial charge on any atom is -0.482 e. The molecule has 0 aliphatic heterocycles. The van der Waals surface area contributed by atoms with Crippen molar-refractivity contribution < 1.29 is 41.7 Å². The van der Waals surface area contributed by atoms with E-state index >= 15 is 0 Å². The number of nitrogens with one attached hydrogen (secondary N) is 1. The zero-order chi connectivity index (χ0) is 26.5. The maximum atomic E-state index is 14.6. The predicted molar refractivity (Wildman–Crippen MR) is 118 cm³/mol. The van der Waals surface area contributed by atoms with Crippen LogP contribution in [0.25, 0.3) is 11.3 Å². The number of carbonyl (C=O) groups is 2. The topological polar surface area (TPSA) is 150 Å². The Hall–Kier alpha value is -3.85. The molecule has 36 heavy (non-hydrogen) atoms. The van der Waals surface area contributed by atoms with Gasteiger partial charge in [-0.15, -0.1) is 0 Å². The number of benzene rings is 1. The van der Waals surface area contributed by atoms with Gasteiger partial charge in [-0.25, -0.2) is 4.39 Å². The van der Waals surface area contributed by atoms with Gasteiger partial charge >= 0.3 is 12.2 Å². The normalized spacial score (nSPS) is 13.1. The average molecular weight is 529 g/mol. The van der Waals surface area contributed by atoms with Gasteiger partial charge in [-0.1, -0.05) is 6.07 Å². The van der Waals surface area contributed by atoms with Crippen LogP contribution < -0.4 is 20.5 Å². The predicted octanol–water partition coefficient (Wildman–Crippen LogP) is 2.40. The van der Waals surface area contributed by atoms with Crippen LogP contribution >= 0.6 is 11.5 Å². The van der Waals surface area contributed by atoms with E-state index in [1.165, 1.54) is 12.1 Å². The fourth-order valence-corrected chi connectivity index (χ4v) is 3.49. The molecule has 1 unspecified atom stereocenters. The number of hydrogen-bond acceptors (Lipinski definition) is 9. The maximum absolute atomic E-state index is 14.6. The van der Waals surface area contributed by atoms with Crippen molar-refractivity contribution in [1.29, 1.82) is 0 Å². The molecule has 0 saturated carbocycles. The number of ether oxygens (including phenoxy) is 2. The highest BCUT2D eigenvalue weighted by Gasteiger charge is 2.29. The smallest absolute Gasteiger partial charge is 0.422 e. The quantitative estimate of drug-likeness (QED) is 0.339. The number of halogens is 4. The van der Waals surface area contributed by atoms with E-state index < -0.39 is 55.2 Å². The number of amides is 2. The highest BCUT2D eigenvalue weighted by Crippen LogP contribution is 2.30. The van der Waals surface area contributed by atoms with Gasteiger partial charge in [0.1, 0.15) is 18.0 Å². The number of rotatable bonds is 10.